The van der Waals surface area contributed by atoms with Gasteiger partial charge >= 0.3 is 0 Å². The monoisotopic (exact) mass is 178 g/mol. The first-order chi connectivity index (χ1) is 5.11. The van der Waals surface area contributed by atoms with Crippen molar-refractivity contribution in [1.82, 2.24) is 4.98 Å². The lowest BCUT2D eigenvalue weighted by atomic mass is 10.3. The van der Waals surface area contributed by atoms with Gasteiger partial charge in [0.05, 0.1) is 10.6 Å². The molecule has 0 aliphatic carbocycles. The summed E-state index contributed by atoms with van der Waals surface area (Å²) in [6, 6.07) is 1.11. The standard InChI is InChI=1S/C6H5ClF2N2/c7-3-1-4(5(8)9)6(10)11-2-3/h1-2,5H,(H2,10,11). The molecule has 0 atom stereocenters. The van der Waals surface area contributed by atoms with Crippen LogP contribution in [0.3, 0.4) is 0 Å². The molecule has 2 nitrogen and oxygen atoms in total. The smallest absolute Gasteiger partial charge is 0.267 e. The summed E-state index contributed by atoms with van der Waals surface area (Å²) in [5, 5.41) is 0.162. The van der Waals surface area contributed by atoms with Crippen molar-refractivity contribution in [3.63, 3.8) is 0 Å². The Morgan fingerprint density at radius 2 is 2.18 bits per heavy atom. The normalized spacial score (nSPS) is 10.5. The number of nitrogens with two attached hydrogens (primary N) is 1. The fourth-order valence-corrected chi connectivity index (χ4v) is 0.807. The van der Waals surface area contributed by atoms with E-state index < -0.39 is 6.43 Å². The van der Waals surface area contributed by atoms with E-state index in [2.05, 4.69) is 4.98 Å². The van der Waals surface area contributed by atoms with E-state index in [1.807, 2.05) is 0 Å². The Bertz CT molecular complexity index is 265. The zero-order valence-electron chi connectivity index (χ0n) is 5.39. The Hall–Kier alpha value is -0.900. The molecule has 0 aliphatic rings. The molecule has 1 aromatic rings. The molecule has 0 amide bonds. The van der Waals surface area contributed by atoms with Crippen molar-refractivity contribution in [2.24, 2.45) is 0 Å². The van der Waals surface area contributed by atoms with Gasteiger partial charge in [-0.2, -0.15) is 0 Å². The third-order valence-corrected chi connectivity index (χ3v) is 1.36. The van der Waals surface area contributed by atoms with Gasteiger partial charge in [0.15, 0.2) is 0 Å². The number of aromatic nitrogens is 1. The highest BCUT2D eigenvalue weighted by molar-refractivity contribution is 6.30. The quantitative estimate of drug-likeness (QED) is 0.717. The number of nitrogen functional groups attached to an aromatic ring is 1. The van der Waals surface area contributed by atoms with Crippen LogP contribution in [0, 0.1) is 0 Å². The molecule has 0 radical (unpaired) electrons. The lowest BCUT2D eigenvalue weighted by Crippen LogP contribution is -1.97. The molecule has 0 aliphatic heterocycles. The molecule has 60 valence electrons. The van der Waals surface area contributed by atoms with E-state index in [1.54, 1.807) is 0 Å². The van der Waals surface area contributed by atoms with Gasteiger partial charge in [0.25, 0.3) is 6.43 Å². The number of halogens is 3. The van der Waals surface area contributed by atoms with E-state index >= 15 is 0 Å². The first kappa shape index (κ1) is 8.20. The van der Waals surface area contributed by atoms with Crippen LogP contribution in [0.4, 0.5) is 14.6 Å². The Balaban J connectivity index is 3.13. The molecule has 0 bridgehead atoms. The summed E-state index contributed by atoms with van der Waals surface area (Å²) in [6.45, 7) is 0. The van der Waals surface area contributed by atoms with Crippen molar-refractivity contribution in [2.75, 3.05) is 5.73 Å². The maximum Gasteiger partial charge on any atom is 0.267 e. The Morgan fingerprint density at radius 1 is 1.55 bits per heavy atom. The predicted octanol–water partition coefficient (Wildman–Crippen LogP) is 2.25. The number of anilines is 1. The molecular formula is C6H5ClF2N2. The average Bonchev–Trinajstić information content (AvgIpc) is 1.94. The molecule has 0 fully saturated rings. The van der Waals surface area contributed by atoms with E-state index in [0.717, 1.165) is 6.07 Å². The van der Waals surface area contributed by atoms with Gasteiger partial charge in [-0.1, -0.05) is 11.6 Å². The van der Waals surface area contributed by atoms with Crippen molar-refractivity contribution in [3.8, 4) is 0 Å². The van der Waals surface area contributed by atoms with Gasteiger partial charge in [0, 0.05) is 6.20 Å². The minimum Gasteiger partial charge on any atom is -0.383 e. The van der Waals surface area contributed by atoms with Crippen molar-refractivity contribution in [2.45, 2.75) is 6.43 Å². The molecule has 5 heteroatoms. The molecule has 0 saturated heterocycles. The minimum absolute atomic E-state index is 0.162. The fourth-order valence-electron chi connectivity index (χ4n) is 0.640. The fraction of sp³-hybridized carbons (Fsp3) is 0.167. The van der Waals surface area contributed by atoms with E-state index in [4.69, 9.17) is 17.3 Å². The third-order valence-electron chi connectivity index (χ3n) is 1.15. The first-order valence-corrected chi connectivity index (χ1v) is 3.18. The molecule has 0 unspecified atom stereocenters. The minimum atomic E-state index is -2.62. The summed E-state index contributed by atoms with van der Waals surface area (Å²) in [5.41, 5.74) is 4.82. The highest BCUT2D eigenvalue weighted by Crippen LogP contribution is 2.25. The second kappa shape index (κ2) is 3.00. The lowest BCUT2D eigenvalue weighted by molar-refractivity contribution is 0.152. The molecule has 1 rings (SSSR count). The summed E-state index contributed by atoms with van der Waals surface area (Å²) in [6.07, 6.45) is -1.40. The van der Waals surface area contributed by atoms with Crippen molar-refractivity contribution in [1.29, 1.82) is 0 Å². The van der Waals surface area contributed by atoms with Crippen molar-refractivity contribution in [3.05, 3.63) is 22.8 Å². The van der Waals surface area contributed by atoms with Crippen LogP contribution in [0.5, 0.6) is 0 Å². The van der Waals surface area contributed by atoms with Gasteiger partial charge in [-0.15, -0.1) is 0 Å². The molecular weight excluding hydrogens is 174 g/mol. The van der Waals surface area contributed by atoms with Crippen LogP contribution in [0.15, 0.2) is 12.3 Å². The van der Waals surface area contributed by atoms with Crippen LogP contribution in [-0.2, 0) is 0 Å². The van der Waals surface area contributed by atoms with Crippen LogP contribution in [0.1, 0.15) is 12.0 Å². The van der Waals surface area contributed by atoms with Gasteiger partial charge in [0.1, 0.15) is 5.82 Å². The van der Waals surface area contributed by atoms with Gasteiger partial charge in [-0.3, -0.25) is 0 Å². The van der Waals surface area contributed by atoms with Crippen LogP contribution >= 0.6 is 11.6 Å². The summed E-state index contributed by atoms with van der Waals surface area (Å²) in [4.78, 5) is 3.47. The van der Waals surface area contributed by atoms with Crippen molar-refractivity contribution >= 4 is 17.4 Å². The maximum absolute atomic E-state index is 12.0. The Kier molecular flexibility index (Phi) is 2.24. The predicted molar refractivity (Wildman–Crippen MR) is 38.6 cm³/mol. The molecule has 0 saturated carbocycles. The van der Waals surface area contributed by atoms with Gasteiger partial charge in [-0.05, 0) is 6.07 Å². The maximum atomic E-state index is 12.0. The SMILES string of the molecule is Nc1ncc(Cl)cc1C(F)F. The second-order valence-electron chi connectivity index (χ2n) is 1.93. The van der Waals surface area contributed by atoms with Crippen LogP contribution < -0.4 is 5.73 Å². The summed E-state index contributed by atoms with van der Waals surface area (Å²) in [5.74, 6) is -0.176. The van der Waals surface area contributed by atoms with Crippen molar-refractivity contribution < 1.29 is 8.78 Å². The second-order valence-corrected chi connectivity index (χ2v) is 2.37. The lowest BCUT2D eigenvalue weighted by Gasteiger charge is -2.02. The Labute approximate surface area is 67.0 Å². The molecule has 0 aromatic carbocycles. The van der Waals surface area contributed by atoms with Crippen LogP contribution in [0.2, 0.25) is 5.02 Å². The van der Waals surface area contributed by atoms with Crippen LogP contribution in [0.25, 0.3) is 0 Å². The van der Waals surface area contributed by atoms with Gasteiger partial charge in [-0.25, -0.2) is 13.8 Å². The number of hydrogen-bond donors (Lipinski definition) is 1. The van der Waals surface area contributed by atoms with E-state index in [1.165, 1.54) is 6.20 Å². The van der Waals surface area contributed by atoms with E-state index in [-0.39, 0.29) is 16.4 Å². The third kappa shape index (κ3) is 1.77. The zero-order valence-corrected chi connectivity index (χ0v) is 6.15. The molecule has 1 heterocycles. The topological polar surface area (TPSA) is 38.9 Å². The van der Waals surface area contributed by atoms with Gasteiger partial charge in [0.2, 0.25) is 0 Å². The molecule has 0 spiro atoms. The Morgan fingerprint density at radius 3 is 2.64 bits per heavy atom. The number of pyridine rings is 1. The number of nitrogens with zero attached hydrogens (tertiary/aromatic N) is 1. The number of hydrogen-bond acceptors (Lipinski definition) is 2. The average molecular weight is 179 g/mol. The highest BCUT2D eigenvalue weighted by Gasteiger charge is 2.11. The zero-order chi connectivity index (χ0) is 8.43. The van der Waals surface area contributed by atoms with E-state index in [9.17, 15) is 8.78 Å². The summed E-state index contributed by atoms with van der Waals surface area (Å²) < 4.78 is 24.1. The highest BCUT2D eigenvalue weighted by atomic mass is 35.5. The first-order valence-electron chi connectivity index (χ1n) is 2.80. The van der Waals surface area contributed by atoms with Crippen LogP contribution in [-0.4, -0.2) is 4.98 Å². The molecule has 2 N–H and O–H groups in total. The van der Waals surface area contributed by atoms with E-state index in [0.29, 0.717) is 0 Å². The molecule has 1 aromatic heterocycles. The van der Waals surface area contributed by atoms with Gasteiger partial charge < -0.3 is 5.73 Å². The number of rotatable bonds is 1. The largest absolute Gasteiger partial charge is 0.383 e. The summed E-state index contributed by atoms with van der Waals surface area (Å²) >= 11 is 5.41. The molecule has 11 heavy (non-hydrogen) atoms. The number of alkyl halides is 2. The summed E-state index contributed by atoms with van der Waals surface area (Å²) in [7, 11) is 0.